The first-order chi connectivity index (χ1) is 12.5. The van der Waals surface area contributed by atoms with E-state index in [1.54, 1.807) is 6.21 Å². The second-order valence-corrected chi connectivity index (χ2v) is 7.62. The third kappa shape index (κ3) is 4.73. The van der Waals surface area contributed by atoms with Crippen LogP contribution in [0.1, 0.15) is 16.7 Å². The molecule has 1 N–H and O–H groups in total. The zero-order valence-electron chi connectivity index (χ0n) is 15.1. The Morgan fingerprint density at radius 2 is 1.96 bits per heavy atom. The molecule has 6 heteroatoms. The SMILES string of the molecule is Cc1cccc(C[C@H]2S/C(=N/N=C/c3ccc(N(C)C)cc3)NC2=O)c1. The maximum absolute atomic E-state index is 12.1. The van der Waals surface area contributed by atoms with Gasteiger partial charge in [-0.3, -0.25) is 4.79 Å². The van der Waals surface area contributed by atoms with Crippen LogP contribution < -0.4 is 10.2 Å². The zero-order chi connectivity index (χ0) is 18.5. The third-order valence-electron chi connectivity index (χ3n) is 4.04. The number of hydrogen-bond acceptors (Lipinski definition) is 5. The van der Waals surface area contributed by atoms with Gasteiger partial charge < -0.3 is 10.2 Å². The van der Waals surface area contributed by atoms with Crippen molar-refractivity contribution in [3.63, 3.8) is 0 Å². The van der Waals surface area contributed by atoms with E-state index in [-0.39, 0.29) is 11.2 Å². The first-order valence-corrected chi connectivity index (χ1v) is 9.31. The van der Waals surface area contributed by atoms with Crippen molar-refractivity contribution in [2.24, 2.45) is 10.2 Å². The number of rotatable bonds is 5. The van der Waals surface area contributed by atoms with Gasteiger partial charge in [0.25, 0.3) is 0 Å². The quantitative estimate of drug-likeness (QED) is 0.653. The lowest BCUT2D eigenvalue weighted by Gasteiger charge is -2.11. The van der Waals surface area contributed by atoms with Gasteiger partial charge in [-0.2, -0.15) is 5.10 Å². The molecule has 26 heavy (non-hydrogen) atoms. The van der Waals surface area contributed by atoms with Crippen molar-refractivity contribution in [3.8, 4) is 0 Å². The largest absolute Gasteiger partial charge is 0.378 e. The smallest absolute Gasteiger partial charge is 0.239 e. The standard InChI is InChI=1S/C20H22N4OS/c1-14-5-4-6-16(11-14)12-18-19(25)22-20(26-18)23-21-13-15-7-9-17(10-8-15)24(2)3/h4-11,13,18H,12H2,1-3H3,(H,22,23,25)/b21-13+/t18-/m1/s1. The van der Waals surface area contributed by atoms with Crippen LogP contribution in [-0.4, -0.2) is 36.6 Å². The number of amidine groups is 1. The molecule has 0 bridgehead atoms. The Morgan fingerprint density at radius 1 is 1.19 bits per heavy atom. The Morgan fingerprint density at radius 3 is 2.65 bits per heavy atom. The molecule has 0 saturated carbocycles. The summed E-state index contributed by atoms with van der Waals surface area (Å²) in [6.45, 7) is 2.05. The predicted molar refractivity (Wildman–Crippen MR) is 110 cm³/mol. The molecule has 1 fully saturated rings. The highest BCUT2D eigenvalue weighted by Crippen LogP contribution is 2.23. The molecule has 0 radical (unpaired) electrons. The summed E-state index contributed by atoms with van der Waals surface area (Å²) in [5, 5.41) is 11.4. The Bertz CT molecular complexity index is 843. The summed E-state index contributed by atoms with van der Waals surface area (Å²) in [4.78, 5) is 14.2. The van der Waals surface area contributed by atoms with Crippen LogP contribution in [0.3, 0.4) is 0 Å². The summed E-state index contributed by atoms with van der Waals surface area (Å²) in [6, 6.07) is 16.3. The van der Waals surface area contributed by atoms with E-state index in [0.717, 1.165) is 16.8 Å². The number of carbonyl (C=O) groups excluding carboxylic acids is 1. The lowest BCUT2D eigenvalue weighted by molar-refractivity contribution is -0.118. The molecule has 3 rings (SSSR count). The summed E-state index contributed by atoms with van der Waals surface area (Å²) >= 11 is 1.43. The van der Waals surface area contributed by atoms with E-state index in [1.165, 1.54) is 17.3 Å². The van der Waals surface area contributed by atoms with E-state index in [0.29, 0.717) is 11.6 Å². The number of hydrogen-bond donors (Lipinski definition) is 1. The van der Waals surface area contributed by atoms with Crippen LogP contribution in [0.4, 0.5) is 5.69 Å². The molecule has 1 aliphatic heterocycles. The molecule has 1 aliphatic rings. The summed E-state index contributed by atoms with van der Waals surface area (Å²) < 4.78 is 0. The van der Waals surface area contributed by atoms with Crippen LogP contribution in [0.15, 0.2) is 58.7 Å². The number of amides is 1. The van der Waals surface area contributed by atoms with Gasteiger partial charge in [0.15, 0.2) is 5.17 Å². The van der Waals surface area contributed by atoms with Crippen LogP contribution in [0, 0.1) is 6.92 Å². The fraction of sp³-hybridized carbons (Fsp3) is 0.250. The highest BCUT2D eigenvalue weighted by atomic mass is 32.2. The van der Waals surface area contributed by atoms with Crippen molar-refractivity contribution in [1.82, 2.24) is 5.32 Å². The molecule has 1 saturated heterocycles. The molecule has 0 aliphatic carbocycles. The molecule has 2 aromatic carbocycles. The fourth-order valence-corrected chi connectivity index (χ4v) is 3.61. The highest BCUT2D eigenvalue weighted by Gasteiger charge is 2.30. The van der Waals surface area contributed by atoms with E-state index in [9.17, 15) is 4.79 Å². The van der Waals surface area contributed by atoms with Gasteiger partial charge in [0.05, 0.1) is 11.5 Å². The molecule has 0 unspecified atom stereocenters. The summed E-state index contributed by atoms with van der Waals surface area (Å²) in [5.74, 6) is -0.0132. The fourth-order valence-electron chi connectivity index (χ4n) is 2.65. The topological polar surface area (TPSA) is 57.1 Å². The number of nitrogens with one attached hydrogen (secondary N) is 1. The average Bonchev–Trinajstić information content (AvgIpc) is 2.95. The number of aryl methyl sites for hydroxylation is 1. The minimum atomic E-state index is -0.162. The molecule has 2 aromatic rings. The van der Waals surface area contributed by atoms with E-state index < -0.39 is 0 Å². The number of carbonyl (C=O) groups is 1. The van der Waals surface area contributed by atoms with Crippen molar-refractivity contribution >= 4 is 34.7 Å². The van der Waals surface area contributed by atoms with Gasteiger partial charge in [0.1, 0.15) is 0 Å². The molecule has 134 valence electrons. The second-order valence-electron chi connectivity index (χ2n) is 6.42. The van der Waals surface area contributed by atoms with Crippen LogP contribution in [0.5, 0.6) is 0 Å². The van der Waals surface area contributed by atoms with E-state index in [4.69, 9.17) is 0 Å². The maximum atomic E-state index is 12.1. The van der Waals surface area contributed by atoms with Crippen LogP contribution in [0.25, 0.3) is 0 Å². The van der Waals surface area contributed by atoms with Crippen LogP contribution >= 0.6 is 11.8 Å². The minimum absolute atomic E-state index is 0.0132. The average molecular weight is 366 g/mol. The maximum Gasteiger partial charge on any atom is 0.239 e. The summed E-state index contributed by atoms with van der Waals surface area (Å²) in [5.41, 5.74) is 4.45. The van der Waals surface area contributed by atoms with Gasteiger partial charge in [-0.15, -0.1) is 5.10 Å². The first kappa shape index (κ1) is 18.2. The van der Waals surface area contributed by atoms with Crippen LogP contribution in [-0.2, 0) is 11.2 Å². The Balaban J connectivity index is 1.60. The number of anilines is 1. The molecule has 5 nitrogen and oxygen atoms in total. The van der Waals surface area contributed by atoms with E-state index in [1.807, 2.05) is 55.4 Å². The number of nitrogens with zero attached hydrogens (tertiary/aromatic N) is 3. The molecule has 1 amide bonds. The van der Waals surface area contributed by atoms with Crippen molar-refractivity contribution in [2.75, 3.05) is 19.0 Å². The van der Waals surface area contributed by atoms with Gasteiger partial charge in [-0.1, -0.05) is 53.7 Å². The monoisotopic (exact) mass is 366 g/mol. The van der Waals surface area contributed by atoms with E-state index >= 15 is 0 Å². The number of benzene rings is 2. The third-order valence-corrected chi connectivity index (χ3v) is 5.12. The first-order valence-electron chi connectivity index (χ1n) is 8.43. The van der Waals surface area contributed by atoms with Gasteiger partial charge in [0, 0.05) is 19.8 Å². The highest BCUT2D eigenvalue weighted by molar-refractivity contribution is 8.15. The van der Waals surface area contributed by atoms with Crippen LogP contribution in [0.2, 0.25) is 0 Å². The minimum Gasteiger partial charge on any atom is -0.378 e. The molecule has 0 aromatic heterocycles. The molecule has 1 atom stereocenters. The van der Waals surface area contributed by atoms with Crippen molar-refractivity contribution in [2.45, 2.75) is 18.6 Å². The summed E-state index contributed by atoms with van der Waals surface area (Å²) in [6.07, 6.45) is 2.37. The Hall–Kier alpha value is -2.60. The van der Waals surface area contributed by atoms with Crippen molar-refractivity contribution < 1.29 is 4.79 Å². The lowest BCUT2D eigenvalue weighted by atomic mass is 10.1. The molecule has 0 spiro atoms. The molecular formula is C20H22N4OS. The van der Waals surface area contributed by atoms with Gasteiger partial charge in [-0.25, -0.2) is 0 Å². The Kier molecular flexibility index (Phi) is 5.73. The molecular weight excluding hydrogens is 344 g/mol. The zero-order valence-corrected chi connectivity index (χ0v) is 16.0. The van der Waals surface area contributed by atoms with Gasteiger partial charge in [-0.05, 0) is 36.6 Å². The van der Waals surface area contributed by atoms with Crippen molar-refractivity contribution in [3.05, 3.63) is 65.2 Å². The van der Waals surface area contributed by atoms with Crippen molar-refractivity contribution in [1.29, 1.82) is 0 Å². The lowest BCUT2D eigenvalue weighted by Crippen LogP contribution is -2.25. The van der Waals surface area contributed by atoms with Gasteiger partial charge in [0.2, 0.25) is 5.91 Å². The molecule has 1 heterocycles. The summed E-state index contributed by atoms with van der Waals surface area (Å²) in [7, 11) is 4.00. The predicted octanol–water partition coefficient (Wildman–Crippen LogP) is 3.23. The van der Waals surface area contributed by atoms with Gasteiger partial charge >= 0.3 is 0 Å². The number of thioether (sulfide) groups is 1. The normalized spacial score (nSPS) is 18.5. The van der Waals surface area contributed by atoms with E-state index in [2.05, 4.69) is 34.6 Å². The Labute approximate surface area is 158 Å². The second kappa shape index (κ2) is 8.19.